The molecule has 0 saturated heterocycles. The summed E-state index contributed by atoms with van der Waals surface area (Å²) >= 11 is 0. The Labute approximate surface area is 79.9 Å². The normalized spacial score (nSPS) is 15.4. The summed E-state index contributed by atoms with van der Waals surface area (Å²) in [5.41, 5.74) is 13.9. The van der Waals surface area contributed by atoms with Crippen LogP contribution in [0.25, 0.3) is 0 Å². The molecule has 0 fully saturated rings. The maximum absolute atomic E-state index is 5.78. The van der Waals surface area contributed by atoms with E-state index in [1.165, 1.54) is 11.1 Å². The second-order valence-corrected chi connectivity index (χ2v) is 3.72. The first kappa shape index (κ1) is 10.2. The molecule has 0 aliphatic heterocycles. The van der Waals surface area contributed by atoms with E-state index in [0.29, 0.717) is 0 Å². The molecule has 0 spiro atoms. The zero-order chi connectivity index (χ0) is 9.84. The van der Waals surface area contributed by atoms with Gasteiger partial charge in [0.2, 0.25) is 0 Å². The van der Waals surface area contributed by atoms with Gasteiger partial charge in [-0.25, -0.2) is 0 Å². The maximum Gasteiger partial charge on any atom is 0.0266 e. The Hall–Kier alpha value is -0.860. The van der Waals surface area contributed by atoms with Crippen molar-refractivity contribution in [3.63, 3.8) is 0 Å². The van der Waals surface area contributed by atoms with Gasteiger partial charge in [-0.1, -0.05) is 24.3 Å². The molecule has 0 aromatic heterocycles. The molecule has 0 saturated carbocycles. The maximum atomic E-state index is 5.78. The minimum absolute atomic E-state index is 0.105. The van der Waals surface area contributed by atoms with E-state index < -0.39 is 0 Å². The first-order valence-corrected chi connectivity index (χ1v) is 4.69. The zero-order valence-corrected chi connectivity index (χ0v) is 8.33. The third kappa shape index (κ3) is 3.17. The zero-order valence-electron chi connectivity index (χ0n) is 8.33. The molecule has 1 aromatic carbocycles. The summed E-state index contributed by atoms with van der Waals surface area (Å²) < 4.78 is 0. The van der Waals surface area contributed by atoms with Gasteiger partial charge in [0, 0.05) is 12.1 Å². The Morgan fingerprint density at radius 3 is 2.46 bits per heavy atom. The van der Waals surface area contributed by atoms with Crippen molar-refractivity contribution in [2.75, 3.05) is 0 Å². The summed E-state index contributed by atoms with van der Waals surface area (Å²) in [6, 6.07) is 8.63. The molecular formula is C11H18N2. The predicted octanol–water partition coefficient (Wildman–Crippen LogP) is 1.60. The van der Waals surface area contributed by atoms with E-state index in [2.05, 4.69) is 18.2 Å². The van der Waals surface area contributed by atoms with Crippen molar-refractivity contribution in [1.29, 1.82) is 0 Å². The standard InChI is InChI=1S/C11H18N2/c1-8(12)6-10-4-3-5-11(7-10)9(2)13/h3-5,7-9H,6,12-13H2,1-2H3/t8-,9-/m0/s1. The van der Waals surface area contributed by atoms with Gasteiger partial charge >= 0.3 is 0 Å². The van der Waals surface area contributed by atoms with Crippen LogP contribution in [0.3, 0.4) is 0 Å². The molecule has 1 aromatic rings. The molecule has 72 valence electrons. The highest BCUT2D eigenvalue weighted by Crippen LogP contribution is 2.12. The average Bonchev–Trinajstić information content (AvgIpc) is 2.03. The lowest BCUT2D eigenvalue weighted by Gasteiger charge is -2.09. The summed E-state index contributed by atoms with van der Waals surface area (Å²) in [6.45, 7) is 4.00. The van der Waals surface area contributed by atoms with Crippen LogP contribution in [-0.4, -0.2) is 6.04 Å². The Morgan fingerprint density at radius 1 is 1.23 bits per heavy atom. The predicted molar refractivity (Wildman–Crippen MR) is 56.4 cm³/mol. The number of benzene rings is 1. The first-order chi connectivity index (χ1) is 6.09. The topological polar surface area (TPSA) is 52.0 Å². The summed E-state index contributed by atoms with van der Waals surface area (Å²) in [7, 11) is 0. The van der Waals surface area contributed by atoms with E-state index in [9.17, 15) is 0 Å². The van der Waals surface area contributed by atoms with E-state index in [1.807, 2.05) is 19.9 Å². The Bertz CT molecular complexity index is 267. The van der Waals surface area contributed by atoms with Gasteiger partial charge in [0.25, 0.3) is 0 Å². The van der Waals surface area contributed by atoms with Crippen molar-refractivity contribution in [2.24, 2.45) is 11.5 Å². The highest BCUT2D eigenvalue weighted by Gasteiger charge is 2.01. The van der Waals surface area contributed by atoms with E-state index >= 15 is 0 Å². The molecule has 0 bridgehead atoms. The third-order valence-corrected chi connectivity index (χ3v) is 2.03. The van der Waals surface area contributed by atoms with Crippen LogP contribution < -0.4 is 11.5 Å². The van der Waals surface area contributed by atoms with Crippen LogP contribution in [0.5, 0.6) is 0 Å². The average molecular weight is 178 g/mol. The summed E-state index contributed by atoms with van der Waals surface area (Å²) in [6.07, 6.45) is 0.917. The van der Waals surface area contributed by atoms with E-state index in [4.69, 9.17) is 11.5 Å². The Kier molecular flexibility index (Phi) is 3.46. The van der Waals surface area contributed by atoms with Gasteiger partial charge in [-0.2, -0.15) is 0 Å². The minimum Gasteiger partial charge on any atom is -0.328 e. The number of hydrogen-bond acceptors (Lipinski definition) is 2. The first-order valence-electron chi connectivity index (χ1n) is 4.69. The monoisotopic (exact) mass is 178 g/mol. The van der Waals surface area contributed by atoms with Gasteiger partial charge in [-0.3, -0.25) is 0 Å². The molecule has 0 unspecified atom stereocenters. The highest BCUT2D eigenvalue weighted by atomic mass is 14.6. The van der Waals surface area contributed by atoms with Crippen molar-refractivity contribution in [1.82, 2.24) is 0 Å². The molecule has 0 radical (unpaired) electrons. The molecule has 13 heavy (non-hydrogen) atoms. The molecule has 2 nitrogen and oxygen atoms in total. The largest absolute Gasteiger partial charge is 0.328 e. The van der Waals surface area contributed by atoms with E-state index in [-0.39, 0.29) is 12.1 Å². The molecule has 2 heteroatoms. The van der Waals surface area contributed by atoms with Crippen LogP contribution in [0.15, 0.2) is 24.3 Å². The van der Waals surface area contributed by atoms with Crippen LogP contribution in [0, 0.1) is 0 Å². The summed E-state index contributed by atoms with van der Waals surface area (Å²) in [5.74, 6) is 0. The Balaban J connectivity index is 2.79. The minimum atomic E-state index is 0.105. The SMILES string of the molecule is C[C@H](N)Cc1cccc([C@H](C)N)c1. The van der Waals surface area contributed by atoms with Crippen LogP contribution >= 0.6 is 0 Å². The number of nitrogens with two attached hydrogens (primary N) is 2. The molecule has 2 atom stereocenters. The van der Waals surface area contributed by atoms with E-state index in [1.54, 1.807) is 0 Å². The fraction of sp³-hybridized carbons (Fsp3) is 0.455. The van der Waals surface area contributed by atoms with Crippen molar-refractivity contribution in [3.05, 3.63) is 35.4 Å². The van der Waals surface area contributed by atoms with Gasteiger partial charge in [0.05, 0.1) is 0 Å². The van der Waals surface area contributed by atoms with Crippen LogP contribution in [0.1, 0.15) is 31.0 Å². The lowest BCUT2D eigenvalue weighted by atomic mass is 10.0. The fourth-order valence-corrected chi connectivity index (χ4v) is 1.38. The van der Waals surface area contributed by atoms with Crippen molar-refractivity contribution in [3.8, 4) is 0 Å². The highest BCUT2D eigenvalue weighted by molar-refractivity contribution is 5.26. The molecule has 4 N–H and O–H groups in total. The van der Waals surface area contributed by atoms with Gasteiger partial charge in [0.1, 0.15) is 0 Å². The van der Waals surface area contributed by atoms with Gasteiger partial charge in [-0.15, -0.1) is 0 Å². The molecule has 0 amide bonds. The molecule has 0 aliphatic carbocycles. The Morgan fingerprint density at radius 2 is 1.92 bits per heavy atom. The second kappa shape index (κ2) is 4.40. The summed E-state index contributed by atoms with van der Waals surface area (Å²) in [4.78, 5) is 0. The molecule has 1 rings (SSSR count). The van der Waals surface area contributed by atoms with Crippen LogP contribution in [-0.2, 0) is 6.42 Å². The quantitative estimate of drug-likeness (QED) is 0.738. The van der Waals surface area contributed by atoms with Gasteiger partial charge in [-0.05, 0) is 31.4 Å². The van der Waals surface area contributed by atoms with Crippen molar-refractivity contribution < 1.29 is 0 Å². The lowest BCUT2D eigenvalue weighted by molar-refractivity contribution is 0.734. The molecule has 0 aliphatic rings. The van der Waals surface area contributed by atoms with Gasteiger partial charge < -0.3 is 11.5 Å². The number of rotatable bonds is 3. The smallest absolute Gasteiger partial charge is 0.0266 e. The number of hydrogen-bond donors (Lipinski definition) is 2. The van der Waals surface area contributed by atoms with Gasteiger partial charge in [0.15, 0.2) is 0 Å². The van der Waals surface area contributed by atoms with Crippen LogP contribution in [0.4, 0.5) is 0 Å². The molecule has 0 heterocycles. The lowest BCUT2D eigenvalue weighted by Crippen LogP contribution is -2.18. The second-order valence-electron chi connectivity index (χ2n) is 3.72. The third-order valence-electron chi connectivity index (χ3n) is 2.03. The van der Waals surface area contributed by atoms with Crippen molar-refractivity contribution >= 4 is 0 Å². The van der Waals surface area contributed by atoms with E-state index in [0.717, 1.165) is 6.42 Å². The molecular weight excluding hydrogens is 160 g/mol. The fourth-order valence-electron chi connectivity index (χ4n) is 1.38. The van der Waals surface area contributed by atoms with Crippen LogP contribution in [0.2, 0.25) is 0 Å². The van der Waals surface area contributed by atoms with Crippen molar-refractivity contribution in [2.45, 2.75) is 32.4 Å². The summed E-state index contributed by atoms with van der Waals surface area (Å²) in [5, 5.41) is 0.